The standard InChI is InChI=1S/C11H8ClFN2O/c12-8-3-11(16)15(6-8)10-4-9(13)2-1-7(10)5-14/h1-2,4,8H,3,6H2. The fourth-order valence-corrected chi connectivity index (χ4v) is 1.99. The lowest BCUT2D eigenvalue weighted by atomic mass is 10.1. The van der Waals surface area contributed by atoms with Crippen LogP contribution in [0.15, 0.2) is 18.2 Å². The number of alkyl halides is 1. The molecule has 1 saturated heterocycles. The maximum Gasteiger partial charge on any atom is 0.228 e. The van der Waals surface area contributed by atoms with Gasteiger partial charge in [-0.3, -0.25) is 4.79 Å². The van der Waals surface area contributed by atoms with Gasteiger partial charge in [0.05, 0.1) is 16.6 Å². The molecule has 3 nitrogen and oxygen atoms in total. The lowest BCUT2D eigenvalue weighted by molar-refractivity contribution is -0.117. The van der Waals surface area contributed by atoms with Gasteiger partial charge in [0.15, 0.2) is 0 Å². The van der Waals surface area contributed by atoms with Crippen LogP contribution in [-0.4, -0.2) is 17.8 Å². The third-order valence-corrected chi connectivity index (χ3v) is 2.74. The van der Waals surface area contributed by atoms with E-state index >= 15 is 0 Å². The first kappa shape index (κ1) is 10.9. The zero-order chi connectivity index (χ0) is 11.7. The van der Waals surface area contributed by atoms with Gasteiger partial charge >= 0.3 is 0 Å². The van der Waals surface area contributed by atoms with Crippen LogP contribution < -0.4 is 4.90 Å². The molecule has 1 atom stereocenters. The summed E-state index contributed by atoms with van der Waals surface area (Å²) in [6, 6.07) is 5.67. The van der Waals surface area contributed by atoms with Crippen molar-refractivity contribution >= 4 is 23.2 Å². The molecule has 5 heteroatoms. The van der Waals surface area contributed by atoms with Crippen LogP contribution in [0.2, 0.25) is 0 Å². The number of carbonyl (C=O) groups is 1. The van der Waals surface area contributed by atoms with Gasteiger partial charge in [-0.2, -0.15) is 5.26 Å². The van der Waals surface area contributed by atoms with E-state index < -0.39 is 5.82 Å². The first-order chi connectivity index (χ1) is 7.61. The summed E-state index contributed by atoms with van der Waals surface area (Å²) in [6.07, 6.45) is 0.225. The highest BCUT2D eigenvalue weighted by Gasteiger charge is 2.30. The number of nitrogens with zero attached hydrogens (tertiary/aromatic N) is 2. The van der Waals surface area contributed by atoms with Crippen molar-refractivity contribution in [3.05, 3.63) is 29.6 Å². The second-order valence-corrected chi connectivity index (χ2v) is 4.20. The van der Waals surface area contributed by atoms with Crippen LogP contribution in [0.4, 0.5) is 10.1 Å². The molecular formula is C11H8ClFN2O. The molecular weight excluding hydrogens is 231 g/mol. The number of halogens is 2. The molecule has 1 aromatic carbocycles. The van der Waals surface area contributed by atoms with E-state index in [1.165, 1.54) is 23.1 Å². The minimum atomic E-state index is -0.472. The Morgan fingerprint density at radius 3 is 2.88 bits per heavy atom. The molecule has 16 heavy (non-hydrogen) atoms. The van der Waals surface area contributed by atoms with Gasteiger partial charge < -0.3 is 4.90 Å². The summed E-state index contributed by atoms with van der Waals surface area (Å²) in [5.41, 5.74) is 0.580. The Kier molecular flexibility index (Phi) is 2.80. The Hall–Kier alpha value is -1.60. The minimum absolute atomic E-state index is 0.179. The van der Waals surface area contributed by atoms with E-state index in [9.17, 15) is 9.18 Å². The van der Waals surface area contributed by atoms with Crippen molar-refractivity contribution in [3.8, 4) is 6.07 Å². The number of amides is 1. The van der Waals surface area contributed by atoms with E-state index in [1.54, 1.807) is 0 Å². The zero-order valence-corrected chi connectivity index (χ0v) is 9.04. The van der Waals surface area contributed by atoms with Crippen LogP contribution >= 0.6 is 11.6 Å². The van der Waals surface area contributed by atoms with Crippen molar-refractivity contribution in [1.82, 2.24) is 0 Å². The molecule has 0 N–H and O–H groups in total. The predicted octanol–water partition coefficient (Wildman–Crippen LogP) is 2.04. The molecule has 1 heterocycles. The Morgan fingerprint density at radius 1 is 1.56 bits per heavy atom. The number of rotatable bonds is 1. The topological polar surface area (TPSA) is 44.1 Å². The first-order valence-electron chi connectivity index (χ1n) is 4.76. The fourth-order valence-electron chi connectivity index (χ4n) is 1.72. The molecule has 1 aliphatic rings. The van der Waals surface area contributed by atoms with Crippen molar-refractivity contribution in [2.45, 2.75) is 11.8 Å². The van der Waals surface area contributed by atoms with Crippen molar-refractivity contribution in [2.75, 3.05) is 11.4 Å². The van der Waals surface area contributed by atoms with Gasteiger partial charge in [-0.1, -0.05) is 0 Å². The summed E-state index contributed by atoms with van der Waals surface area (Å²) in [5.74, 6) is -0.651. The molecule has 1 unspecified atom stereocenters. The van der Waals surface area contributed by atoms with Crippen LogP contribution in [0.25, 0.3) is 0 Å². The van der Waals surface area contributed by atoms with Gasteiger partial charge in [-0.05, 0) is 18.2 Å². The lowest BCUT2D eigenvalue weighted by Gasteiger charge is -2.17. The van der Waals surface area contributed by atoms with Gasteiger partial charge in [0.2, 0.25) is 5.91 Å². The van der Waals surface area contributed by atoms with Crippen molar-refractivity contribution < 1.29 is 9.18 Å². The maximum absolute atomic E-state index is 13.1. The molecule has 1 amide bonds. The monoisotopic (exact) mass is 238 g/mol. The fraction of sp³-hybridized carbons (Fsp3) is 0.273. The van der Waals surface area contributed by atoms with Crippen LogP contribution in [0, 0.1) is 17.1 Å². The summed E-state index contributed by atoms with van der Waals surface area (Å²) in [4.78, 5) is 12.9. The molecule has 0 radical (unpaired) electrons. The summed E-state index contributed by atoms with van der Waals surface area (Å²) in [7, 11) is 0. The Labute approximate surface area is 97.0 Å². The number of nitriles is 1. The number of hydrogen-bond acceptors (Lipinski definition) is 2. The highest BCUT2D eigenvalue weighted by Crippen LogP contribution is 2.27. The van der Waals surface area contributed by atoms with Crippen LogP contribution in [0.5, 0.6) is 0 Å². The highest BCUT2D eigenvalue weighted by molar-refractivity contribution is 6.24. The van der Waals surface area contributed by atoms with Gasteiger partial charge in [0, 0.05) is 13.0 Å². The van der Waals surface area contributed by atoms with Gasteiger partial charge in [0.25, 0.3) is 0 Å². The highest BCUT2D eigenvalue weighted by atomic mass is 35.5. The molecule has 2 rings (SSSR count). The second-order valence-electron chi connectivity index (χ2n) is 3.58. The zero-order valence-electron chi connectivity index (χ0n) is 8.28. The van der Waals surface area contributed by atoms with Crippen molar-refractivity contribution in [2.24, 2.45) is 0 Å². The van der Waals surface area contributed by atoms with E-state index in [2.05, 4.69) is 0 Å². The molecule has 1 aromatic rings. The Bertz CT molecular complexity index is 483. The molecule has 82 valence electrons. The Morgan fingerprint density at radius 2 is 2.31 bits per heavy atom. The SMILES string of the molecule is N#Cc1ccc(F)cc1N1CC(Cl)CC1=O. The van der Waals surface area contributed by atoms with E-state index in [4.69, 9.17) is 16.9 Å². The molecule has 0 aliphatic carbocycles. The molecule has 1 aliphatic heterocycles. The third-order valence-electron chi connectivity index (χ3n) is 2.45. The summed E-state index contributed by atoms with van der Waals surface area (Å²) in [6.45, 7) is 0.318. The summed E-state index contributed by atoms with van der Waals surface area (Å²) < 4.78 is 13.1. The largest absolute Gasteiger partial charge is 0.309 e. The van der Waals surface area contributed by atoms with E-state index in [-0.39, 0.29) is 23.3 Å². The van der Waals surface area contributed by atoms with Crippen molar-refractivity contribution in [1.29, 1.82) is 5.26 Å². The van der Waals surface area contributed by atoms with Crippen LogP contribution in [0.1, 0.15) is 12.0 Å². The third kappa shape index (κ3) is 1.86. The molecule has 0 bridgehead atoms. The van der Waals surface area contributed by atoms with Gasteiger partial charge in [-0.15, -0.1) is 11.6 Å². The van der Waals surface area contributed by atoms with Crippen LogP contribution in [-0.2, 0) is 4.79 Å². The van der Waals surface area contributed by atoms with Crippen LogP contribution in [0.3, 0.4) is 0 Å². The predicted molar refractivity (Wildman–Crippen MR) is 57.7 cm³/mol. The van der Waals surface area contributed by atoms with E-state index in [0.717, 1.165) is 0 Å². The maximum atomic E-state index is 13.1. The first-order valence-corrected chi connectivity index (χ1v) is 5.19. The molecule has 0 aromatic heterocycles. The molecule has 0 saturated carbocycles. The number of benzene rings is 1. The number of carbonyl (C=O) groups excluding carboxylic acids is 1. The lowest BCUT2D eigenvalue weighted by Crippen LogP contribution is -2.25. The normalized spacial score (nSPS) is 19.9. The molecule has 1 fully saturated rings. The number of anilines is 1. The average Bonchev–Trinajstić information content (AvgIpc) is 2.57. The number of hydrogen-bond donors (Lipinski definition) is 0. The average molecular weight is 239 g/mol. The summed E-state index contributed by atoms with van der Waals surface area (Å²) in [5, 5.41) is 8.60. The smallest absolute Gasteiger partial charge is 0.228 e. The van der Waals surface area contributed by atoms with E-state index in [0.29, 0.717) is 12.2 Å². The molecule has 0 spiro atoms. The van der Waals surface area contributed by atoms with E-state index in [1.807, 2.05) is 6.07 Å². The van der Waals surface area contributed by atoms with Gasteiger partial charge in [0.1, 0.15) is 11.9 Å². The quantitative estimate of drug-likeness (QED) is 0.703. The summed E-state index contributed by atoms with van der Waals surface area (Å²) >= 11 is 5.85. The van der Waals surface area contributed by atoms with Gasteiger partial charge in [-0.25, -0.2) is 4.39 Å². The Balaban J connectivity index is 2.44. The minimum Gasteiger partial charge on any atom is -0.309 e. The second kappa shape index (κ2) is 4.11. The van der Waals surface area contributed by atoms with Crippen molar-refractivity contribution in [3.63, 3.8) is 0 Å².